The molecule has 0 spiro atoms. The molecule has 26 heavy (non-hydrogen) atoms. The van der Waals surface area contributed by atoms with E-state index < -0.39 is 0 Å². The molecule has 3 rings (SSSR count). The van der Waals surface area contributed by atoms with Gasteiger partial charge in [0.15, 0.2) is 0 Å². The van der Waals surface area contributed by atoms with E-state index >= 15 is 0 Å². The van der Waals surface area contributed by atoms with Crippen LogP contribution in [0, 0.1) is 0 Å². The minimum absolute atomic E-state index is 0.0613. The molecule has 0 fully saturated rings. The van der Waals surface area contributed by atoms with E-state index in [-0.39, 0.29) is 5.25 Å². The first-order valence-corrected chi connectivity index (χ1v) is 9.98. The molecule has 3 nitrogen and oxygen atoms in total. The average molecular weight is 444 g/mol. The fourth-order valence-electron chi connectivity index (χ4n) is 2.29. The van der Waals surface area contributed by atoms with Crippen molar-refractivity contribution >= 4 is 63.2 Å². The van der Waals surface area contributed by atoms with Gasteiger partial charge in [0.1, 0.15) is 5.75 Å². The minimum Gasteiger partial charge on any atom is -0.440 e. The van der Waals surface area contributed by atoms with Gasteiger partial charge in [-0.05, 0) is 54.2 Å². The standard InChI is InChI=1S/C18H13Cl3N2OS2/c19-12-1-4-14(5-2-12)24-18(25)26-17(10-23-8-7-22-11-23)15-6-3-13(20)9-16(15)21/h1-9,11,17H,10H2. The van der Waals surface area contributed by atoms with Gasteiger partial charge in [-0.2, -0.15) is 0 Å². The van der Waals surface area contributed by atoms with Crippen LogP contribution in [0.5, 0.6) is 5.75 Å². The molecular formula is C18H13Cl3N2OS2. The largest absolute Gasteiger partial charge is 0.440 e. The number of hydrogen-bond acceptors (Lipinski definition) is 4. The summed E-state index contributed by atoms with van der Waals surface area (Å²) in [6, 6.07) is 12.5. The van der Waals surface area contributed by atoms with Crippen molar-refractivity contribution in [3.05, 3.63) is 81.8 Å². The summed E-state index contributed by atoms with van der Waals surface area (Å²) in [5.41, 5.74) is 0.928. The molecule has 2 aromatic carbocycles. The number of hydrogen-bond donors (Lipinski definition) is 0. The molecule has 0 saturated heterocycles. The number of thioether (sulfide) groups is 1. The zero-order chi connectivity index (χ0) is 18.5. The number of aromatic nitrogens is 2. The van der Waals surface area contributed by atoms with Gasteiger partial charge in [0.05, 0.1) is 11.6 Å². The van der Waals surface area contributed by atoms with Gasteiger partial charge in [0.2, 0.25) is 4.38 Å². The topological polar surface area (TPSA) is 27.1 Å². The van der Waals surface area contributed by atoms with Gasteiger partial charge in [-0.1, -0.05) is 52.6 Å². The molecule has 0 N–H and O–H groups in total. The maximum atomic E-state index is 6.40. The first kappa shape index (κ1) is 19.5. The third kappa shape index (κ3) is 5.38. The normalized spacial score (nSPS) is 12.0. The van der Waals surface area contributed by atoms with Crippen LogP contribution in [0.2, 0.25) is 15.1 Å². The lowest BCUT2D eigenvalue weighted by Gasteiger charge is -2.19. The molecular weight excluding hydrogens is 431 g/mol. The minimum atomic E-state index is -0.0613. The second-order valence-corrected chi connectivity index (χ2v) is 8.42. The van der Waals surface area contributed by atoms with Crippen molar-refractivity contribution in [2.24, 2.45) is 0 Å². The Balaban J connectivity index is 1.78. The second kappa shape index (κ2) is 9.11. The number of imidazole rings is 1. The molecule has 8 heteroatoms. The summed E-state index contributed by atoms with van der Waals surface area (Å²) in [5, 5.41) is 1.75. The van der Waals surface area contributed by atoms with Crippen molar-refractivity contribution in [2.45, 2.75) is 11.8 Å². The molecule has 0 bridgehead atoms. The highest BCUT2D eigenvalue weighted by molar-refractivity contribution is 8.22. The van der Waals surface area contributed by atoms with Gasteiger partial charge < -0.3 is 9.30 Å². The summed E-state index contributed by atoms with van der Waals surface area (Å²) in [4.78, 5) is 4.08. The Bertz CT molecular complexity index is 886. The number of thiocarbonyl (C=S) groups is 1. The van der Waals surface area contributed by atoms with E-state index in [1.807, 2.05) is 22.9 Å². The Hall–Kier alpha value is -1.24. The van der Waals surface area contributed by atoms with Gasteiger partial charge >= 0.3 is 0 Å². The van der Waals surface area contributed by atoms with E-state index in [1.54, 1.807) is 42.9 Å². The number of rotatable bonds is 5. The van der Waals surface area contributed by atoms with Crippen LogP contribution in [0.4, 0.5) is 0 Å². The Morgan fingerprint density at radius 3 is 2.50 bits per heavy atom. The molecule has 0 saturated carbocycles. The molecule has 134 valence electrons. The molecule has 0 radical (unpaired) electrons. The Kier molecular flexibility index (Phi) is 6.84. The van der Waals surface area contributed by atoms with Gasteiger partial charge in [0, 0.05) is 34.0 Å². The Morgan fingerprint density at radius 2 is 1.85 bits per heavy atom. The van der Waals surface area contributed by atoms with Crippen LogP contribution in [0.15, 0.2) is 61.2 Å². The number of halogens is 3. The zero-order valence-corrected chi connectivity index (χ0v) is 17.2. The van der Waals surface area contributed by atoms with Crippen LogP contribution in [0.25, 0.3) is 0 Å². The van der Waals surface area contributed by atoms with Gasteiger partial charge in [-0.15, -0.1) is 0 Å². The Labute approximate surface area is 176 Å². The maximum absolute atomic E-state index is 6.40. The first-order valence-electron chi connectivity index (χ1n) is 7.56. The average Bonchev–Trinajstić information content (AvgIpc) is 3.09. The summed E-state index contributed by atoms with van der Waals surface area (Å²) >= 11 is 25.2. The van der Waals surface area contributed by atoms with Crippen LogP contribution in [-0.4, -0.2) is 13.9 Å². The predicted octanol–water partition coefficient (Wildman–Crippen LogP) is 6.68. The zero-order valence-electron chi connectivity index (χ0n) is 13.3. The Morgan fingerprint density at radius 1 is 1.12 bits per heavy atom. The third-order valence-electron chi connectivity index (χ3n) is 3.50. The van der Waals surface area contributed by atoms with Gasteiger partial charge in [-0.3, -0.25) is 0 Å². The highest BCUT2D eigenvalue weighted by Gasteiger charge is 2.20. The van der Waals surface area contributed by atoms with E-state index in [4.69, 9.17) is 51.8 Å². The fourth-order valence-corrected chi connectivity index (χ4v) is 4.42. The van der Waals surface area contributed by atoms with Crippen LogP contribution in [0.3, 0.4) is 0 Å². The quantitative estimate of drug-likeness (QED) is 0.411. The van der Waals surface area contributed by atoms with Crippen molar-refractivity contribution in [1.82, 2.24) is 9.55 Å². The molecule has 1 heterocycles. The summed E-state index contributed by atoms with van der Waals surface area (Å²) in [5.74, 6) is 0.635. The lowest BCUT2D eigenvalue weighted by atomic mass is 10.1. The van der Waals surface area contributed by atoms with Crippen molar-refractivity contribution < 1.29 is 4.74 Å². The summed E-state index contributed by atoms with van der Waals surface area (Å²) < 4.78 is 8.10. The van der Waals surface area contributed by atoms with E-state index in [0.717, 1.165) is 5.56 Å². The van der Waals surface area contributed by atoms with Crippen molar-refractivity contribution in [1.29, 1.82) is 0 Å². The maximum Gasteiger partial charge on any atom is 0.226 e. The summed E-state index contributed by atoms with van der Waals surface area (Å²) in [6.07, 6.45) is 5.37. The highest BCUT2D eigenvalue weighted by Crippen LogP contribution is 2.37. The predicted molar refractivity (Wildman–Crippen MR) is 114 cm³/mol. The van der Waals surface area contributed by atoms with E-state index in [0.29, 0.717) is 31.7 Å². The third-order valence-corrected chi connectivity index (χ3v) is 5.65. The molecule has 0 aliphatic heterocycles. The van der Waals surface area contributed by atoms with Crippen molar-refractivity contribution in [2.75, 3.05) is 0 Å². The van der Waals surface area contributed by atoms with Crippen molar-refractivity contribution in [3.8, 4) is 5.75 Å². The van der Waals surface area contributed by atoms with E-state index in [2.05, 4.69) is 4.98 Å². The molecule has 1 aromatic heterocycles. The molecule has 3 aromatic rings. The van der Waals surface area contributed by atoms with Crippen LogP contribution < -0.4 is 4.74 Å². The number of benzene rings is 2. The van der Waals surface area contributed by atoms with Crippen LogP contribution in [0.1, 0.15) is 10.8 Å². The molecule has 0 amide bonds. The number of ether oxygens (including phenoxy) is 1. The van der Waals surface area contributed by atoms with Crippen LogP contribution >= 0.6 is 58.8 Å². The lowest BCUT2D eigenvalue weighted by molar-refractivity contribution is 0.578. The van der Waals surface area contributed by atoms with Crippen LogP contribution in [-0.2, 0) is 6.54 Å². The summed E-state index contributed by atoms with van der Waals surface area (Å²) in [6.45, 7) is 0.635. The van der Waals surface area contributed by atoms with Gasteiger partial charge in [0.25, 0.3) is 0 Å². The second-order valence-electron chi connectivity index (χ2n) is 5.34. The van der Waals surface area contributed by atoms with Gasteiger partial charge in [-0.25, -0.2) is 4.98 Å². The smallest absolute Gasteiger partial charge is 0.226 e. The molecule has 1 atom stereocenters. The highest BCUT2D eigenvalue weighted by atomic mass is 35.5. The fraction of sp³-hybridized carbons (Fsp3) is 0.111. The molecule has 0 aliphatic rings. The number of nitrogens with zero attached hydrogens (tertiary/aromatic N) is 2. The SMILES string of the molecule is S=C(Oc1ccc(Cl)cc1)SC(Cn1ccnc1)c1ccc(Cl)cc1Cl. The first-order chi connectivity index (χ1) is 12.5. The lowest BCUT2D eigenvalue weighted by Crippen LogP contribution is -2.10. The van der Waals surface area contributed by atoms with E-state index in [9.17, 15) is 0 Å². The molecule has 1 unspecified atom stereocenters. The molecule has 0 aliphatic carbocycles. The van der Waals surface area contributed by atoms with E-state index in [1.165, 1.54) is 11.8 Å². The summed E-state index contributed by atoms with van der Waals surface area (Å²) in [7, 11) is 0. The van der Waals surface area contributed by atoms with Crippen molar-refractivity contribution in [3.63, 3.8) is 0 Å². The monoisotopic (exact) mass is 442 g/mol.